The second-order valence-corrected chi connectivity index (χ2v) is 5.51. The maximum absolute atomic E-state index is 11.7. The fourth-order valence-electron chi connectivity index (χ4n) is 1.72. The van der Waals surface area contributed by atoms with Gasteiger partial charge in [0.05, 0.1) is 5.56 Å². The molecule has 1 aliphatic rings. The van der Waals surface area contributed by atoms with Gasteiger partial charge in [0.15, 0.2) is 0 Å². The molecule has 86 valence electrons. The van der Waals surface area contributed by atoms with Crippen molar-refractivity contribution in [3.8, 4) is 0 Å². The Bertz CT molecular complexity index is 353. The molecule has 1 atom stereocenters. The van der Waals surface area contributed by atoms with E-state index in [-0.39, 0.29) is 5.97 Å². The van der Waals surface area contributed by atoms with E-state index in [0.717, 1.165) is 5.56 Å². The van der Waals surface area contributed by atoms with Gasteiger partial charge in [0.1, 0.15) is 6.61 Å². The normalized spacial score (nSPS) is 19.7. The molecule has 0 aliphatic carbocycles. The van der Waals surface area contributed by atoms with Crippen molar-refractivity contribution in [2.45, 2.75) is 25.0 Å². The Labute approximate surface area is 100 Å². The molecule has 1 aromatic rings. The van der Waals surface area contributed by atoms with Gasteiger partial charge in [-0.15, -0.1) is 0 Å². The standard InChI is InChI=1S/C13H16O2S/c1-10-4-6-11(7-5-10)13(14)15-9-12-3-2-8-16-12/h4-7,12H,2-3,8-9H2,1H3/t12-/m0/s1. The number of hydrogen-bond donors (Lipinski definition) is 0. The molecule has 1 aromatic carbocycles. The summed E-state index contributed by atoms with van der Waals surface area (Å²) in [5, 5.41) is 0.509. The van der Waals surface area contributed by atoms with Crippen LogP contribution in [0, 0.1) is 6.92 Å². The predicted octanol–water partition coefficient (Wildman–Crippen LogP) is 3.05. The van der Waals surface area contributed by atoms with Gasteiger partial charge in [0, 0.05) is 5.25 Å². The second-order valence-electron chi connectivity index (χ2n) is 4.10. The van der Waals surface area contributed by atoms with E-state index in [9.17, 15) is 4.79 Å². The van der Waals surface area contributed by atoms with Crippen LogP contribution in [0.1, 0.15) is 28.8 Å². The molecule has 0 saturated carbocycles. The van der Waals surface area contributed by atoms with Crippen molar-refractivity contribution in [1.29, 1.82) is 0 Å². The van der Waals surface area contributed by atoms with Crippen LogP contribution in [0.2, 0.25) is 0 Å². The number of benzene rings is 1. The maximum Gasteiger partial charge on any atom is 0.338 e. The molecule has 1 aliphatic heterocycles. The third-order valence-electron chi connectivity index (χ3n) is 2.71. The molecule has 1 heterocycles. The quantitative estimate of drug-likeness (QED) is 0.754. The van der Waals surface area contributed by atoms with E-state index in [0.29, 0.717) is 17.4 Å². The van der Waals surface area contributed by atoms with Crippen LogP contribution in [0.3, 0.4) is 0 Å². The highest BCUT2D eigenvalue weighted by molar-refractivity contribution is 8.00. The fourth-order valence-corrected chi connectivity index (χ4v) is 2.88. The first-order valence-electron chi connectivity index (χ1n) is 5.61. The van der Waals surface area contributed by atoms with Crippen molar-refractivity contribution in [2.24, 2.45) is 0 Å². The summed E-state index contributed by atoms with van der Waals surface area (Å²) in [6.07, 6.45) is 2.42. The minimum atomic E-state index is -0.201. The average molecular weight is 236 g/mol. The summed E-state index contributed by atoms with van der Waals surface area (Å²) in [5.41, 5.74) is 1.80. The Morgan fingerprint density at radius 2 is 2.19 bits per heavy atom. The molecule has 1 fully saturated rings. The number of ether oxygens (including phenoxy) is 1. The largest absolute Gasteiger partial charge is 0.461 e. The number of esters is 1. The lowest BCUT2D eigenvalue weighted by Gasteiger charge is -2.09. The van der Waals surface area contributed by atoms with E-state index >= 15 is 0 Å². The summed E-state index contributed by atoms with van der Waals surface area (Å²) >= 11 is 1.90. The van der Waals surface area contributed by atoms with Gasteiger partial charge in [-0.25, -0.2) is 4.79 Å². The number of aryl methyl sites for hydroxylation is 1. The van der Waals surface area contributed by atoms with Gasteiger partial charge in [-0.2, -0.15) is 11.8 Å². The summed E-state index contributed by atoms with van der Waals surface area (Å²) in [7, 11) is 0. The van der Waals surface area contributed by atoms with Crippen LogP contribution in [0.25, 0.3) is 0 Å². The first kappa shape index (κ1) is 11.5. The third-order valence-corrected chi connectivity index (χ3v) is 4.08. The molecule has 2 nitrogen and oxygen atoms in total. The van der Waals surface area contributed by atoms with Gasteiger partial charge in [-0.1, -0.05) is 17.7 Å². The van der Waals surface area contributed by atoms with Crippen molar-refractivity contribution in [3.63, 3.8) is 0 Å². The SMILES string of the molecule is Cc1ccc(C(=O)OC[C@@H]2CCCS2)cc1. The van der Waals surface area contributed by atoms with Gasteiger partial charge in [-0.05, 0) is 37.7 Å². The highest BCUT2D eigenvalue weighted by Gasteiger charge is 2.17. The Morgan fingerprint density at radius 1 is 1.44 bits per heavy atom. The van der Waals surface area contributed by atoms with E-state index in [1.54, 1.807) is 0 Å². The molecule has 0 spiro atoms. The van der Waals surface area contributed by atoms with Gasteiger partial charge < -0.3 is 4.74 Å². The molecular formula is C13H16O2S. The minimum absolute atomic E-state index is 0.201. The topological polar surface area (TPSA) is 26.3 Å². The van der Waals surface area contributed by atoms with Crippen LogP contribution >= 0.6 is 11.8 Å². The van der Waals surface area contributed by atoms with Crippen molar-refractivity contribution < 1.29 is 9.53 Å². The summed E-state index contributed by atoms with van der Waals surface area (Å²) in [4.78, 5) is 11.7. The molecule has 0 aromatic heterocycles. The zero-order chi connectivity index (χ0) is 11.4. The molecule has 0 bridgehead atoms. The average Bonchev–Trinajstić information content (AvgIpc) is 2.80. The molecule has 16 heavy (non-hydrogen) atoms. The van der Waals surface area contributed by atoms with Crippen molar-refractivity contribution >= 4 is 17.7 Å². The van der Waals surface area contributed by atoms with E-state index in [1.165, 1.54) is 18.6 Å². The van der Waals surface area contributed by atoms with Crippen LogP contribution in [-0.4, -0.2) is 23.6 Å². The van der Waals surface area contributed by atoms with E-state index < -0.39 is 0 Å². The monoisotopic (exact) mass is 236 g/mol. The van der Waals surface area contributed by atoms with Crippen LogP contribution < -0.4 is 0 Å². The zero-order valence-electron chi connectivity index (χ0n) is 9.44. The molecule has 0 unspecified atom stereocenters. The summed E-state index contributed by atoms with van der Waals surface area (Å²) in [5.74, 6) is 1.000. The van der Waals surface area contributed by atoms with Crippen LogP contribution in [0.4, 0.5) is 0 Å². The highest BCUT2D eigenvalue weighted by atomic mass is 32.2. The highest BCUT2D eigenvalue weighted by Crippen LogP contribution is 2.26. The van der Waals surface area contributed by atoms with Crippen LogP contribution in [-0.2, 0) is 4.74 Å². The number of hydrogen-bond acceptors (Lipinski definition) is 3. The summed E-state index contributed by atoms with van der Waals surface area (Å²) in [6.45, 7) is 2.56. The lowest BCUT2D eigenvalue weighted by atomic mass is 10.1. The van der Waals surface area contributed by atoms with Crippen LogP contribution in [0.5, 0.6) is 0 Å². The zero-order valence-corrected chi connectivity index (χ0v) is 10.3. The van der Waals surface area contributed by atoms with Crippen LogP contribution in [0.15, 0.2) is 24.3 Å². The molecule has 3 heteroatoms. The second kappa shape index (κ2) is 5.39. The van der Waals surface area contributed by atoms with E-state index in [1.807, 2.05) is 43.0 Å². The minimum Gasteiger partial charge on any atom is -0.461 e. The third kappa shape index (κ3) is 3.01. The number of carbonyl (C=O) groups excluding carboxylic acids is 1. The van der Waals surface area contributed by atoms with Crippen molar-refractivity contribution in [3.05, 3.63) is 35.4 Å². The summed E-state index contributed by atoms with van der Waals surface area (Å²) in [6, 6.07) is 7.50. The molecule has 0 N–H and O–H groups in total. The smallest absolute Gasteiger partial charge is 0.338 e. The first-order chi connectivity index (χ1) is 7.75. The maximum atomic E-state index is 11.7. The first-order valence-corrected chi connectivity index (χ1v) is 6.66. The predicted molar refractivity (Wildman–Crippen MR) is 66.9 cm³/mol. The Hall–Kier alpha value is -0.960. The Balaban J connectivity index is 1.85. The molecule has 0 amide bonds. The van der Waals surface area contributed by atoms with Gasteiger partial charge in [0.2, 0.25) is 0 Å². The number of rotatable bonds is 3. The molecule has 2 rings (SSSR count). The van der Waals surface area contributed by atoms with Gasteiger partial charge in [0.25, 0.3) is 0 Å². The van der Waals surface area contributed by atoms with Gasteiger partial charge >= 0.3 is 5.97 Å². The Morgan fingerprint density at radius 3 is 2.81 bits per heavy atom. The number of carbonyl (C=O) groups is 1. The summed E-state index contributed by atoms with van der Waals surface area (Å²) < 4.78 is 5.29. The molecule has 0 radical (unpaired) electrons. The fraction of sp³-hybridized carbons (Fsp3) is 0.462. The lowest BCUT2D eigenvalue weighted by molar-refractivity contribution is 0.0506. The van der Waals surface area contributed by atoms with Crippen molar-refractivity contribution in [1.82, 2.24) is 0 Å². The molecular weight excluding hydrogens is 220 g/mol. The Kier molecular flexibility index (Phi) is 3.88. The van der Waals surface area contributed by atoms with E-state index in [2.05, 4.69) is 0 Å². The van der Waals surface area contributed by atoms with Gasteiger partial charge in [-0.3, -0.25) is 0 Å². The van der Waals surface area contributed by atoms with Crippen molar-refractivity contribution in [2.75, 3.05) is 12.4 Å². The number of thioether (sulfide) groups is 1. The van der Waals surface area contributed by atoms with E-state index in [4.69, 9.17) is 4.74 Å². The molecule has 1 saturated heterocycles. The lowest BCUT2D eigenvalue weighted by Crippen LogP contribution is -2.13.